The Labute approximate surface area is 332 Å². The van der Waals surface area contributed by atoms with Crippen molar-refractivity contribution in [3.8, 4) is 16.8 Å². The first-order chi connectivity index (χ1) is 28.2. The van der Waals surface area contributed by atoms with E-state index >= 15 is 0 Å². The van der Waals surface area contributed by atoms with E-state index in [1.807, 2.05) is 23.5 Å². The number of fused-ring (bicyclic) bond motifs is 9. The summed E-state index contributed by atoms with van der Waals surface area (Å²) in [6.07, 6.45) is -0.461. The van der Waals surface area contributed by atoms with Gasteiger partial charge in [-0.3, -0.25) is 5.32 Å². The van der Waals surface area contributed by atoms with E-state index in [1.54, 1.807) is 0 Å². The summed E-state index contributed by atoms with van der Waals surface area (Å²) in [7, 11) is 0. The second-order valence-electron chi connectivity index (χ2n) is 14.8. The summed E-state index contributed by atoms with van der Waals surface area (Å²) in [5.41, 5.74) is 10.9. The SMILES string of the molecule is c1ccc(C2=NC(c3cccc4c3oc3ccc(-c5cccc6sc7ccc(-n8c9ccccc9c9ccccc98)cc7c56)cc34)NC(c3ccccc3)N2)cc1. The third-order valence-corrected chi connectivity index (χ3v) is 12.6. The highest BCUT2D eigenvalue weighted by molar-refractivity contribution is 7.26. The molecule has 57 heavy (non-hydrogen) atoms. The predicted molar refractivity (Wildman–Crippen MR) is 238 cm³/mol. The van der Waals surface area contributed by atoms with Crippen LogP contribution in [0.15, 0.2) is 191 Å². The Balaban J connectivity index is 0.995. The second kappa shape index (κ2) is 12.8. The number of nitrogens with zero attached hydrogens (tertiary/aromatic N) is 2. The van der Waals surface area contributed by atoms with Crippen molar-refractivity contribution in [1.29, 1.82) is 0 Å². The van der Waals surface area contributed by atoms with Crippen LogP contribution in [0.2, 0.25) is 0 Å². The van der Waals surface area contributed by atoms with Crippen molar-refractivity contribution in [2.45, 2.75) is 12.3 Å². The molecule has 0 fully saturated rings. The van der Waals surface area contributed by atoms with Crippen LogP contribution in [0.25, 0.3) is 80.7 Å². The molecule has 0 bridgehead atoms. The Kier molecular flexibility index (Phi) is 7.24. The highest BCUT2D eigenvalue weighted by atomic mass is 32.1. The maximum atomic E-state index is 6.75. The fourth-order valence-electron chi connectivity index (χ4n) is 8.88. The van der Waals surface area contributed by atoms with Gasteiger partial charge in [0.2, 0.25) is 0 Å². The molecule has 1 aliphatic heterocycles. The lowest BCUT2D eigenvalue weighted by Gasteiger charge is -2.32. The molecule has 3 aromatic heterocycles. The van der Waals surface area contributed by atoms with Crippen LogP contribution >= 0.6 is 11.3 Å². The van der Waals surface area contributed by atoms with E-state index in [1.165, 1.54) is 47.5 Å². The average Bonchev–Trinajstić information content (AvgIpc) is 3.96. The van der Waals surface area contributed by atoms with Gasteiger partial charge in [-0.2, -0.15) is 0 Å². The summed E-state index contributed by atoms with van der Waals surface area (Å²) in [4.78, 5) is 5.23. The van der Waals surface area contributed by atoms with Gasteiger partial charge in [0.15, 0.2) is 0 Å². The predicted octanol–water partition coefficient (Wildman–Crippen LogP) is 13.1. The third-order valence-electron chi connectivity index (χ3n) is 11.5. The maximum Gasteiger partial charge on any atom is 0.142 e. The Morgan fingerprint density at radius 3 is 2.07 bits per heavy atom. The smallest absolute Gasteiger partial charge is 0.142 e. The lowest BCUT2D eigenvalue weighted by atomic mass is 9.97. The quantitative estimate of drug-likeness (QED) is 0.184. The number of rotatable bonds is 5. The van der Waals surface area contributed by atoms with E-state index < -0.39 is 0 Å². The van der Waals surface area contributed by atoms with Gasteiger partial charge < -0.3 is 14.3 Å². The summed E-state index contributed by atoms with van der Waals surface area (Å²) >= 11 is 1.85. The van der Waals surface area contributed by atoms with Gasteiger partial charge in [-0.05, 0) is 65.2 Å². The molecule has 270 valence electrons. The van der Waals surface area contributed by atoms with Gasteiger partial charge in [0.25, 0.3) is 0 Å². The number of benzene rings is 8. The van der Waals surface area contributed by atoms with Gasteiger partial charge in [-0.1, -0.05) is 133 Å². The van der Waals surface area contributed by atoms with Gasteiger partial charge in [0.1, 0.15) is 29.3 Å². The molecule has 12 rings (SSSR count). The first-order valence-electron chi connectivity index (χ1n) is 19.4. The van der Waals surface area contributed by atoms with Crippen LogP contribution in [-0.2, 0) is 0 Å². The number of furan rings is 1. The zero-order chi connectivity index (χ0) is 37.5. The van der Waals surface area contributed by atoms with E-state index in [2.05, 4.69) is 185 Å². The molecule has 0 spiro atoms. The highest BCUT2D eigenvalue weighted by Crippen LogP contribution is 2.44. The van der Waals surface area contributed by atoms with Crippen molar-refractivity contribution in [2.24, 2.45) is 4.99 Å². The van der Waals surface area contributed by atoms with Gasteiger partial charge in [0, 0.05) is 58.5 Å². The fraction of sp³-hybridized carbons (Fsp3) is 0.0392. The monoisotopic (exact) mass is 750 g/mol. The molecule has 6 heteroatoms. The summed E-state index contributed by atoms with van der Waals surface area (Å²) in [6.45, 7) is 0. The molecule has 11 aromatic rings. The van der Waals surface area contributed by atoms with E-state index in [9.17, 15) is 0 Å². The number of aromatic nitrogens is 1. The number of aliphatic imine (C=N–C) groups is 1. The Morgan fingerprint density at radius 1 is 0.544 bits per heavy atom. The van der Waals surface area contributed by atoms with Crippen LogP contribution in [0.5, 0.6) is 0 Å². The highest BCUT2D eigenvalue weighted by Gasteiger charge is 2.28. The molecule has 0 saturated carbocycles. The third kappa shape index (κ3) is 5.15. The molecule has 2 unspecified atom stereocenters. The maximum absolute atomic E-state index is 6.75. The van der Waals surface area contributed by atoms with Crippen molar-refractivity contribution in [2.75, 3.05) is 0 Å². The number of hydrogen-bond donors (Lipinski definition) is 2. The number of hydrogen-bond acceptors (Lipinski definition) is 5. The van der Waals surface area contributed by atoms with Crippen LogP contribution < -0.4 is 10.6 Å². The zero-order valence-electron chi connectivity index (χ0n) is 30.7. The topological polar surface area (TPSA) is 54.5 Å². The normalized spacial score (nSPS) is 15.9. The molecule has 0 amide bonds. The molecule has 8 aromatic carbocycles. The van der Waals surface area contributed by atoms with Crippen LogP contribution in [0, 0.1) is 0 Å². The van der Waals surface area contributed by atoms with Gasteiger partial charge >= 0.3 is 0 Å². The van der Waals surface area contributed by atoms with Crippen LogP contribution in [0.1, 0.15) is 29.0 Å². The first kappa shape index (κ1) is 32.3. The molecule has 4 heterocycles. The standard InChI is InChI=1S/C51H34N4OS/c1-3-13-31(14-4-1)49-52-50(32-15-5-2-6-16-32)54-51(53-49)39-21-11-20-38-40-29-33(25-27-44(40)56-48(38)39)35-19-12-24-46-47(35)41-30-34(26-28-45(41)57-46)55-42-22-9-7-17-36(42)37-18-8-10-23-43(37)55/h1-30,49,51,53H,(H,52,54). The fourth-order valence-corrected chi connectivity index (χ4v) is 9.99. The molecule has 5 nitrogen and oxygen atoms in total. The van der Waals surface area contributed by atoms with Crippen molar-refractivity contribution >= 4 is 81.1 Å². The van der Waals surface area contributed by atoms with Gasteiger partial charge in [-0.15, -0.1) is 11.3 Å². The number of thiophene rings is 1. The molecule has 2 N–H and O–H groups in total. The molecule has 0 saturated heterocycles. The molecular formula is C51H34N4OS. The van der Waals surface area contributed by atoms with Crippen LogP contribution in [-0.4, -0.2) is 10.4 Å². The van der Waals surface area contributed by atoms with Crippen LogP contribution in [0.3, 0.4) is 0 Å². The Hall–Kier alpha value is -6.99. The van der Waals surface area contributed by atoms with Crippen molar-refractivity contribution in [1.82, 2.24) is 15.2 Å². The molecule has 1 aliphatic rings. The first-order valence-corrected chi connectivity index (χ1v) is 20.2. The van der Waals surface area contributed by atoms with E-state index in [-0.39, 0.29) is 12.3 Å². The molecule has 0 aliphatic carbocycles. The van der Waals surface area contributed by atoms with Crippen molar-refractivity contribution in [3.05, 3.63) is 199 Å². The van der Waals surface area contributed by atoms with E-state index in [0.717, 1.165) is 55.7 Å². The molecule has 2 atom stereocenters. The minimum atomic E-state index is -0.329. The second-order valence-corrected chi connectivity index (χ2v) is 15.9. The molecular weight excluding hydrogens is 717 g/mol. The number of para-hydroxylation sites is 3. The minimum absolute atomic E-state index is 0.133. The summed E-state index contributed by atoms with van der Waals surface area (Å²) in [5, 5.41) is 14.7. The van der Waals surface area contributed by atoms with Gasteiger partial charge in [0.05, 0.1) is 11.0 Å². The van der Waals surface area contributed by atoms with Gasteiger partial charge in [-0.25, -0.2) is 4.99 Å². The largest absolute Gasteiger partial charge is 0.456 e. The Bertz CT molecular complexity index is 3320. The minimum Gasteiger partial charge on any atom is -0.456 e. The van der Waals surface area contributed by atoms with E-state index in [0.29, 0.717) is 0 Å². The van der Waals surface area contributed by atoms with Crippen molar-refractivity contribution < 1.29 is 4.42 Å². The lowest BCUT2D eigenvalue weighted by Crippen LogP contribution is -2.44. The van der Waals surface area contributed by atoms with Crippen molar-refractivity contribution in [3.63, 3.8) is 0 Å². The van der Waals surface area contributed by atoms with E-state index in [4.69, 9.17) is 9.41 Å². The summed E-state index contributed by atoms with van der Waals surface area (Å²) in [6, 6.07) is 64.9. The average molecular weight is 751 g/mol. The molecule has 0 radical (unpaired) electrons. The number of nitrogens with one attached hydrogen (secondary N) is 2. The Morgan fingerprint density at radius 2 is 1.26 bits per heavy atom. The van der Waals surface area contributed by atoms with Crippen LogP contribution in [0.4, 0.5) is 0 Å². The summed E-state index contributed by atoms with van der Waals surface area (Å²) < 4.78 is 11.7. The lowest BCUT2D eigenvalue weighted by molar-refractivity contribution is 0.408. The number of amidine groups is 1. The zero-order valence-corrected chi connectivity index (χ0v) is 31.5. The summed E-state index contributed by atoms with van der Waals surface area (Å²) in [5.74, 6) is 0.848.